The van der Waals surface area contributed by atoms with Crippen molar-refractivity contribution < 1.29 is 18.7 Å². The van der Waals surface area contributed by atoms with Crippen molar-refractivity contribution in [2.24, 2.45) is 5.92 Å². The summed E-state index contributed by atoms with van der Waals surface area (Å²) in [6.45, 7) is 9.17. The first-order valence-corrected chi connectivity index (χ1v) is 10.1. The summed E-state index contributed by atoms with van der Waals surface area (Å²) >= 11 is 0. The Morgan fingerprint density at radius 1 is 1.23 bits per heavy atom. The monoisotopic (exact) mass is 412 g/mol. The van der Waals surface area contributed by atoms with Crippen molar-refractivity contribution in [3.8, 4) is 5.75 Å². The Labute approximate surface area is 175 Å². The Morgan fingerprint density at radius 2 is 2.00 bits per heavy atom. The third kappa shape index (κ3) is 4.90. The van der Waals surface area contributed by atoms with E-state index >= 15 is 0 Å². The number of rotatable bonds is 8. The van der Waals surface area contributed by atoms with Gasteiger partial charge < -0.3 is 13.9 Å². The lowest BCUT2D eigenvalue weighted by molar-refractivity contribution is -0.144. The fraction of sp³-hybridized carbons (Fsp3) is 0.435. The second kappa shape index (κ2) is 9.15. The molecule has 0 aliphatic rings. The number of hydrogen-bond donors (Lipinski definition) is 0. The average molecular weight is 412 g/mol. The minimum atomic E-state index is -0.495. The molecule has 0 spiro atoms. The van der Waals surface area contributed by atoms with Crippen molar-refractivity contribution in [3.63, 3.8) is 0 Å². The molecule has 160 valence electrons. The first-order chi connectivity index (χ1) is 14.3. The molecule has 0 amide bonds. The summed E-state index contributed by atoms with van der Waals surface area (Å²) in [5, 5.41) is 5.30. The largest absolute Gasteiger partial charge is 0.497 e. The lowest BCUT2D eigenvalue weighted by atomic mass is 10.1. The Kier molecular flexibility index (Phi) is 6.59. The van der Waals surface area contributed by atoms with Crippen molar-refractivity contribution in [3.05, 3.63) is 57.2 Å². The van der Waals surface area contributed by atoms with Crippen LogP contribution in [-0.2, 0) is 29.1 Å². The van der Waals surface area contributed by atoms with Crippen LogP contribution in [0.25, 0.3) is 11.0 Å². The van der Waals surface area contributed by atoms with Gasteiger partial charge in [-0.05, 0) is 43.9 Å². The van der Waals surface area contributed by atoms with E-state index in [1.165, 1.54) is 6.07 Å². The molecule has 7 heteroatoms. The number of aryl methyl sites for hydroxylation is 1. The highest BCUT2D eigenvalue weighted by Crippen LogP contribution is 2.23. The van der Waals surface area contributed by atoms with Crippen molar-refractivity contribution in [2.45, 2.75) is 53.7 Å². The van der Waals surface area contributed by atoms with Crippen LogP contribution in [-0.4, -0.2) is 22.9 Å². The second-order valence-electron chi connectivity index (χ2n) is 7.84. The molecule has 0 unspecified atom stereocenters. The number of hydrogen-bond acceptors (Lipinski definition) is 6. The molecule has 7 nitrogen and oxygen atoms in total. The van der Waals surface area contributed by atoms with Crippen molar-refractivity contribution in [1.29, 1.82) is 0 Å². The van der Waals surface area contributed by atoms with Gasteiger partial charge in [0.05, 0.1) is 12.8 Å². The molecule has 0 saturated carbocycles. The summed E-state index contributed by atoms with van der Waals surface area (Å²) in [6.07, 6.45) is 0.825. The van der Waals surface area contributed by atoms with E-state index < -0.39 is 5.63 Å². The van der Waals surface area contributed by atoms with E-state index in [1.807, 2.05) is 18.5 Å². The number of esters is 1. The zero-order valence-electron chi connectivity index (χ0n) is 18.2. The highest BCUT2D eigenvalue weighted by molar-refractivity contribution is 5.81. The highest BCUT2D eigenvalue weighted by Gasteiger charge is 2.15. The molecule has 0 N–H and O–H groups in total. The van der Waals surface area contributed by atoms with Gasteiger partial charge in [-0.15, -0.1) is 0 Å². The van der Waals surface area contributed by atoms with Crippen LogP contribution in [0.5, 0.6) is 5.75 Å². The van der Waals surface area contributed by atoms with Crippen LogP contribution in [0, 0.1) is 19.8 Å². The molecule has 0 aliphatic carbocycles. The van der Waals surface area contributed by atoms with Crippen LogP contribution >= 0.6 is 0 Å². The molecule has 0 radical (unpaired) electrons. The summed E-state index contributed by atoms with van der Waals surface area (Å²) in [6, 6.07) is 6.55. The molecule has 1 aromatic carbocycles. The van der Waals surface area contributed by atoms with Crippen LogP contribution in [0.3, 0.4) is 0 Å². The van der Waals surface area contributed by atoms with Gasteiger partial charge in [0, 0.05) is 41.7 Å². The number of ether oxygens (including phenoxy) is 2. The molecule has 0 bridgehead atoms. The Balaban J connectivity index is 1.66. The van der Waals surface area contributed by atoms with E-state index in [9.17, 15) is 9.59 Å². The second-order valence-corrected chi connectivity index (χ2v) is 7.84. The fourth-order valence-electron chi connectivity index (χ4n) is 3.53. The lowest BCUT2D eigenvalue weighted by Gasteiger charge is -2.09. The Hall–Kier alpha value is -3.09. The third-order valence-corrected chi connectivity index (χ3v) is 5.07. The summed E-state index contributed by atoms with van der Waals surface area (Å²) in [5.41, 5.74) is 3.64. The van der Waals surface area contributed by atoms with Gasteiger partial charge in [-0.25, -0.2) is 4.79 Å². The molecule has 0 fully saturated rings. The van der Waals surface area contributed by atoms with Crippen LogP contribution < -0.4 is 10.4 Å². The van der Waals surface area contributed by atoms with E-state index in [2.05, 4.69) is 18.9 Å². The quantitative estimate of drug-likeness (QED) is 0.412. The number of fused-ring (bicyclic) bond motifs is 1. The summed E-state index contributed by atoms with van der Waals surface area (Å²) in [7, 11) is 1.54. The normalized spacial score (nSPS) is 11.3. The van der Waals surface area contributed by atoms with Gasteiger partial charge in [0.15, 0.2) is 0 Å². The number of carbonyl (C=O) groups excluding carboxylic acids is 1. The van der Waals surface area contributed by atoms with Crippen molar-refractivity contribution >= 4 is 16.9 Å². The van der Waals surface area contributed by atoms with Gasteiger partial charge in [0.1, 0.15) is 17.9 Å². The van der Waals surface area contributed by atoms with Gasteiger partial charge in [-0.2, -0.15) is 5.10 Å². The molecular weight excluding hydrogens is 384 g/mol. The van der Waals surface area contributed by atoms with E-state index in [-0.39, 0.29) is 19.0 Å². The van der Waals surface area contributed by atoms with Gasteiger partial charge in [0.25, 0.3) is 0 Å². The summed E-state index contributed by atoms with van der Waals surface area (Å²) in [5.74, 6) is 0.767. The SMILES string of the molecule is COc1ccc2c(COC(=O)CCc3c(C)nn(CC(C)C)c3C)cc(=O)oc2c1. The minimum Gasteiger partial charge on any atom is -0.497 e. The zero-order chi connectivity index (χ0) is 21.8. The van der Waals surface area contributed by atoms with Crippen molar-refractivity contribution in [2.75, 3.05) is 7.11 Å². The summed E-state index contributed by atoms with van der Waals surface area (Å²) in [4.78, 5) is 24.2. The first kappa shape index (κ1) is 21.6. The lowest BCUT2D eigenvalue weighted by Crippen LogP contribution is -2.10. The van der Waals surface area contributed by atoms with Crippen LogP contribution in [0.2, 0.25) is 0 Å². The minimum absolute atomic E-state index is 0.0117. The topological polar surface area (TPSA) is 83.6 Å². The van der Waals surface area contributed by atoms with E-state index in [4.69, 9.17) is 13.9 Å². The van der Waals surface area contributed by atoms with Gasteiger partial charge in [0.2, 0.25) is 0 Å². The molecule has 30 heavy (non-hydrogen) atoms. The molecular formula is C23H28N2O5. The van der Waals surface area contributed by atoms with Gasteiger partial charge >= 0.3 is 11.6 Å². The predicted molar refractivity (Wildman–Crippen MR) is 114 cm³/mol. The molecule has 3 aromatic rings. The highest BCUT2D eigenvalue weighted by atomic mass is 16.5. The van der Waals surface area contributed by atoms with Crippen LogP contribution in [0.1, 0.15) is 42.8 Å². The predicted octanol–water partition coefficient (Wildman–Crippen LogP) is 3.95. The van der Waals surface area contributed by atoms with E-state index in [1.54, 1.807) is 25.3 Å². The summed E-state index contributed by atoms with van der Waals surface area (Å²) < 4.78 is 17.8. The zero-order valence-corrected chi connectivity index (χ0v) is 18.2. The smallest absolute Gasteiger partial charge is 0.336 e. The maximum Gasteiger partial charge on any atom is 0.336 e. The average Bonchev–Trinajstić information content (AvgIpc) is 2.95. The van der Waals surface area contributed by atoms with Crippen molar-refractivity contribution in [1.82, 2.24) is 9.78 Å². The third-order valence-electron chi connectivity index (χ3n) is 5.07. The molecule has 0 aliphatic heterocycles. The van der Waals surface area contributed by atoms with Crippen LogP contribution in [0.15, 0.2) is 33.5 Å². The Bertz CT molecular complexity index is 1110. The first-order valence-electron chi connectivity index (χ1n) is 10.1. The standard InChI is InChI=1S/C23H28N2O5/c1-14(2)12-25-16(4)19(15(3)24-25)8-9-22(26)29-13-17-10-23(27)30-21-11-18(28-5)6-7-20(17)21/h6-7,10-11,14H,8-9,12-13H2,1-5H3. The fourth-order valence-corrected chi connectivity index (χ4v) is 3.53. The van der Waals surface area contributed by atoms with Gasteiger partial charge in [-0.3, -0.25) is 9.48 Å². The number of benzene rings is 1. The Morgan fingerprint density at radius 3 is 2.70 bits per heavy atom. The molecule has 2 heterocycles. The van der Waals surface area contributed by atoms with E-state index in [0.717, 1.165) is 23.5 Å². The number of nitrogens with zero attached hydrogens (tertiary/aromatic N) is 2. The molecule has 3 rings (SSSR count). The number of methoxy groups -OCH3 is 1. The van der Waals surface area contributed by atoms with Crippen LogP contribution in [0.4, 0.5) is 0 Å². The maximum atomic E-state index is 12.3. The maximum absolute atomic E-state index is 12.3. The number of carbonyl (C=O) groups is 1. The molecule has 0 atom stereocenters. The number of aromatic nitrogens is 2. The van der Waals surface area contributed by atoms with Gasteiger partial charge in [-0.1, -0.05) is 13.8 Å². The van der Waals surface area contributed by atoms with E-state index in [0.29, 0.717) is 34.6 Å². The molecule has 2 aromatic heterocycles. The molecule has 0 saturated heterocycles.